The highest BCUT2D eigenvalue weighted by molar-refractivity contribution is 5.36. The predicted octanol–water partition coefficient (Wildman–Crippen LogP) is 1.02. The van der Waals surface area contributed by atoms with Gasteiger partial charge >= 0.3 is 0 Å². The second-order valence-corrected chi connectivity index (χ2v) is 5.05. The number of hydrogen-bond acceptors (Lipinski definition) is 5. The lowest BCUT2D eigenvalue weighted by Gasteiger charge is -2.28. The number of morpholine rings is 1. The molecule has 5 nitrogen and oxygen atoms in total. The van der Waals surface area contributed by atoms with Gasteiger partial charge in [0.25, 0.3) is 0 Å². The Hall–Kier alpha value is -1.20. The van der Waals surface area contributed by atoms with E-state index in [2.05, 4.69) is 34.3 Å². The molecule has 0 amide bonds. The van der Waals surface area contributed by atoms with Gasteiger partial charge < -0.3 is 15.0 Å². The Morgan fingerprint density at radius 3 is 2.83 bits per heavy atom. The number of likely N-dealkylation sites (N-methyl/N-ethyl adjacent to an activating group) is 1. The lowest BCUT2D eigenvalue weighted by molar-refractivity contribution is 0.0339. The quantitative estimate of drug-likeness (QED) is 0.865. The highest BCUT2D eigenvalue weighted by Gasteiger charge is 2.16. The highest BCUT2D eigenvalue weighted by Crippen LogP contribution is 2.14. The summed E-state index contributed by atoms with van der Waals surface area (Å²) >= 11 is 0. The van der Waals surface area contributed by atoms with Gasteiger partial charge in [0.2, 0.25) is 0 Å². The Morgan fingerprint density at radius 2 is 2.28 bits per heavy atom. The number of nitrogens with one attached hydrogen (secondary N) is 1. The number of nitrogens with zero attached hydrogens (tertiary/aromatic N) is 3. The summed E-state index contributed by atoms with van der Waals surface area (Å²) in [7, 11) is 2.02. The third-order valence-corrected chi connectivity index (χ3v) is 3.14. The molecule has 1 atom stereocenters. The van der Waals surface area contributed by atoms with Gasteiger partial charge in [-0.1, -0.05) is 13.8 Å². The van der Waals surface area contributed by atoms with Gasteiger partial charge in [-0.2, -0.15) is 5.10 Å². The molecule has 0 bridgehead atoms. The summed E-state index contributed by atoms with van der Waals surface area (Å²) in [5, 5.41) is 11.8. The normalized spacial score (nSPS) is 20.1. The molecular formula is C13H22N4O. The molecule has 2 rings (SSSR count). The Balaban J connectivity index is 1.93. The van der Waals surface area contributed by atoms with Crippen LogP contribution in [0.4, 0.5) is 5.82 Å². The monoisotopic (exact) mass is 250 g/mol. The fraction of sp³-hybridized carbons (Fsp3) is 0.692. The van der Waals surface area contributed by atoms with Gasteiger partial charge in [-0.3, -0.25) is 0 Å². The SMILES string of the molecule is CC(C)c1ccc(N(C)CC2CNCCO2)nn1. The van der Waals surface area contributed by atoms with E-state index < -0.39 is 0 Å². The van der Waals surface area contributed by atoms with E-state index in [-0.39, 0.29) is 6.10 Å². The number of rotatable bonds is 4. The molecule has 18 heavy (non-hydrogen) atoms. The standard InChI is InChI=1S/C13H22N4O/c1-10(2)12-4-5-13(16-15-12)17(3)9-11-8-14-6-7-18-11/h4-5,10-11,14H,6-9H2,1-3H3. The molecule has 1 fully saturated rings. The van der Waals surface area contributed by atoms with Gasteiger partial charge in [-0.25, -0.2) is 0 Å². The number of anilines is 1. The number of aromatic nitrogens is 2. The predicted molar refractivity (Wildman–Crippen MR) is 72.0 cm³/mol. The van der Waals surface area contributed by atoms with Gasteiger partial charge in [0, 0.05) is 26.7 Å². The smallest absolute Gasteiger partial charge is 0.151 e. The number of hydrogen-bond donors (Lipinski definition) is 1. The van der Waals surface area contributed by atoms with Crippen LogP contribution >= 0.6 is 0 Å². The molecular weight excluding hydrogens is 228 g/mol. The molecule has 1 aliphatic rings. The molecule has 0 radical (unpaired) electrons. The van der Waals surface area contributed by atoms with Crippen molar-refractivity contribution in [1.29, 1.82) is 0 Å². The average molecular weight is 250 g/mol. The van der Waals surface area contributed by atoms with Crippen LogP contribution < -0.4 is 10.2 Å². The average Bonchev–Trinajstić information content (AvgIpc) is 2.40. The minimum atomic E-state index is 0.232. The summed E-state index contributed by atoms with van der Waals surface area (Å²) in [4.78, 5) is 2.09. The van der Waals surface area contributed by atoms with E-state index in [0.29, 0.717) is 5.92 Å². The van der Waals surface area contributed by atoms with Crippen molar-refractivity contribution >= 4 is 5.82 Å². The van der Waals surface area contributed by atoms with E-state index in [1.54, 1.807) is 0 Å². The van der Waals surface area contributed by atoms with E-state index in [9.17, 15) is 0 Å². The maximum atomic E-state index is 5.68. The minimum Gasteiger partial charge on any atom is -0.374 e. The summed E-state index contributed by atoms with van der Waals surface area (Å²) < 4.78 is 5.68. The van der Waals surface area contributed by atoms with Crippen LogP contribution in [0.5, 0.6) is 0 Å². The maximum Gasteiger partial charge on any atom is 0.151 e. The molecule has 1 aliphatic heterocycles. The van der Waals surface area contributed by atoms with E-state index in [1.807, 2.05) is 19.2 Å². The van der Waals surface area contributed by atoms with Crippen molar-refractivity contribution in [3.63, 3.8) is 0 Å². The summed E-state index contributed by atoms with van der Waals surface area (Å²) in [6.45, 7) is 7.72. The van der Waals surface area contributed by atoms with Crippen LogP contribution in [0.15, 0.2) is 12.1 Å². The van der Waals surface area contributed by atoms with Crippen molar-refractivity contribution < 1.29 is 4.74 Å². The van der Waals surface area contributed by atoms with Gasteiger partial charge in [-0.05, 0) is 18.1 Å². The molecule has 1 aromatic rings. The Morgan fingerprint density at radius 1 is 1.44 bits per heavy atom. The van der Waals surface area contributed by atoms with E-state index in [0.717, 1.165) is 37.8 Å². The third-order valence-electron chi connectivity index (χ3n) is 3.14. The molecule has 1 unspecified atom stereocenters. The topological polar surface area (TPSA) is 50.3 Å². The second-order valence-electron chi connectivity index (χ2n) is 5.05. The Labute approximate surface area is 109 Å². The van der Waals surface area contributed by atoms with Gasteiger partial charge in [0.05, 0.1) is 18.4 Å². The molecule has 5 heteroatoms. The van der Waals surface area contributed by atoms with Crippen LogP contribution in [0, 0.1) is 0 Å². The molecule has 2 heterocycles. The molecule has 1 aromatic heterocycles. The van der Waals surface area contributed by atoms with E-state index >= 15 is 0 Å². The van der Waals surface area contributed by atoms with Crippen LogP contribution in [0.3, 0.4) is 0 Å². The molecule has 0 saturated carbocycles. The van der Waals surface area contributed by atoms with Crippen molar-refractivity contribution in [1.82, 2.24) is 15.5 Å². The molecule has 0 aromatic carbocycles. The van der Waals surface area contributed by atoms with Crippen molar-refractivity contribution in [2.75, 3.05) is 38.2 Å². The first-order valence-electron chi connectivity index (χ1n) is 6.54. The minimum absolute atomic E-state index is 0.232. The van der Waals surface area contributed by atoms with Crippen LogP contribution in [0.25, 0.3) is 0 Å². The third kappa shape index (κ3) is 3.40. The fourth-order valence-electron chi connectivity index (χ4n) is 1.98. The first kappa shape index (κ1) is 13.2. The largest absolute Gasteiger partial charge is 0.374 e. The van der Waals surface area contributed by atoms with Crippen molar-refractivity contribution in [2.45, 2.75) is 25.9 Å². The summed E-state index contributed by atoms with van der Waals surface area (Å²) in [6, 6.07) is 4.07. The maximum absolute atomic E-state index is 5.68. The molecule has 100 valence electrons. The number of ether oxygens (including phenoxy) is 1. The summed E-state index contributed by atoms with van der Waals surface area (Å²) in [5.74, 6) is 1.32. The van der Waals surface area contributed by atoms with Crippen molar-refractivity contribution in [3.8, 4) is 0 Å². The first-order valence-corrected chi connectivity index (χ1v) is 6.54. The highest BCUT2D eigenvalue weighted by atomic mass is 16.5. The van der Waals surface area contributed by atoms with Gasteiger partial charge in [-0.15, -0.1) is 5.10 Å². The zero-order valence-corrected chi connectivity index (χ0v) is 11.4. The first-order chi connectivity index (χ1) is 8.66. The van der Waals surface area contributed by atoms with E-state index in [1.165, 1.54) is 0 Å². The molecule has 0 spiro atoms. The molecule has 0 aliphatic carbocycles. The lowest BCUT2D eigenvalue weighted by Crippen LogP contribution is -2.44. The Kier molecular flexibility index (Phi) is 4.49. The zero-order chi connectivity index (χ0) is 13.0. The summed E-state index contributed by atoms with van der Waals surface area (Å²) in [5.41, 5.74) is 1.03. The lowest BCUT2D eigenvalue weighted by atomic mass is 10.1. The van der Waals surface area contributed by atoms with Crippen LogP contribution in [-0.2, 0) is 4.74 Å². The summed E-state index contributed by atoms with van der Waals surface area (Å²) in [6.07, 6.45) is 0.232. The van der Waals surface area contributed by atoms with Crippen molar-refractivity contribution in [3.05, 3.63) is 17.8 Å². The zero-order valence-electron chi connectivity index (χ0n) is 11.4. The fourth-order valence-corrected chi connectivity index (χ4v) is 1.98. The molecule has 1 saturated heterocycles. The van der Waals surface area contributed by atoms with Crippen molar-refractivity contribution in [2.24, 2.45) is 0 Å². The Bertz CT molecular complexity index is 360. The molecule has 1 N–H and O–H groups in total. The van der Waals surface area contributed by atoms with Crippen LogP contribution in [-0.4, -0.2) is 49.6 Å². The van der Waals surface area contributed by atoms with E-state index in [4.69, 9.17) is 4.74 Å². The van der Waals surface area contributed by atoms with Crippen LogP contribution in [0.2, 0.25) is 0 Å². The van der Waals surface area contributed by atoms with Gasteiger partial charge in [0.1, 0.15) is 0 Å². The second kappa shape index (κ2) is 6.11. The van der Waals surface area contributed by atoms with Gasteiger partial charge in [0.15, 0.2) is 5.82 Å². The van der Waals surface area contributed by atoms with Crippen LogP contribution in [0.1, 0.15) is 25.5 Å².